The highest BCUT2D eigenvalue weighted by atomic mass is 35.5. The van der Waals surface area contributed by atoms with Crippen LogP contribution >= 0.6 is 24.0 Å². The van der Waals surface area contributed by atoms with Crippen LogP contribution in [0.4, 0.5) is 0 Å². The molecular weight excluding hydrogens is 237 g/mol. The molecule has 0 aromatic heterocycles. The highest BCUT2D eigenvalue weighted by Crippen LogP contribution is 2.38. The monoisotopic (exact) mass is 251 g/mol. The molecule has 1 aromatic carbocycles. The maximum atomic E-state index is 6.10. The van der Waals surface area contributed by atoms with Gasteiger partial charge in [-0.2, -0.15) is 0 Å². The van der Waals surface area contributed by atoms with Crippen molar-refractivity contribution in [1.82, 2.24) is 0 Å². The van der Waals surface area contributed by atoms with Crippen LogP contribution < -0.4 is 15.2 Å². The molecule has 0 amide bonds. The maximum Gasteiger partial charge on any atom is 0.179 e. The van der Waals surface area contributed by atoms with E-state index in [2.05, 4.69) is 0 Å². The van der Waals surface area contributed by atoms with Gasteiger partial charge in [-0.1, -0.05) is 17.7 Å². The molecular formula is C10H15Cl2NO2. The Morgan fingerprint density at radius 2 is 1.87 bits per heavy atom. The predicted octanol–water partition coefficient (Wildman–Crippen LogP) is 2.80. The van der Waals surface area contributed by atoms with E-state index in [1.165, 1.54) is 0 Å². The average molecular weight is 252 g/mol. The lowest BCUT2D eigenvalue weighted by Crippen LogP contribution is -2.06. The Hall–Kier alpha value is -0.640. The van der Waals surface area contributed by atoms with E-state index in [1.54, 1.807) is 20.3 Å². The zero-order valence-electron chi connectivity index (χ0n) is 8.91. The van der Waals surface area contributed by atoms with E-state index in [0.29, 0.717) is 16.5 Å². The van der Waals surface area contributed by atoms with E-state index in [9.17, 15) is 0 Å². The van der Waals surface area contributed by atoms with Crippen molar-refractivity contribution >= 4 is 24.0 Å². The standard InChI is InChI=1S/C10H14ClNO2.ClH/c1-6(12)7-4-5-8(13-2)10(14-3)9(7)11;/h4-6H,12H2,1-3H3;1H. The van der Waals surface area contributed by atoms with E-state index >= 15 is 0 Å². The number of halogens is 2. The normalized spacial score (nSPS) is 11.5. The summed E-state index contributed by atoms with van der Waals surface area (Å²) in [6.45, 7) is 1.87. The van der Waals surface area contributed by atoms with Gasteiger partial charge in [-0.05, 0) is 18.6 Å². The fourth-order valence-electron chi connectivity index (χ4n) is 1.26. The van der Waals surface area contributed by atoms with Crippen molar-refractivity contribution in [2.24, 2.45) is 5.73 Å². The topological polar surface area (TPSA) is 44.5 Å². The van der Waals surface area contributed by atoms with Gasteiger partial charge in [0.25, 0.3) is 0 Å². The van der Waals surface area contributed by atoms with E-state index in [-0.39, 0.29) is 18.4 Å². The predicted molar refractivity (Wildman–Crippen MR) is 64.4 cm³/mol. The zero-order chi connectivity index (χ0) is 10.7. The van der Waals surface area contributed by atoms with E-state index < -0.39 is 0 Å². The molecule has 5 heteroatoms. The van der Waals surface area contributed by atoms with Crippen molar-refractivity contribution in [3.8, 4) is 11.5 Å². The summed E-state index contributed by atoms with van der Waals surface area (Å²) in [7, 11) is 3.12. The number of methoxy groups -OCH3 is 2. The molecule has 0 bridgehead atoms. The summed E-state index contributed by atoms with van der Waals surface area (Å²) >= 11 is 6.10. The van der Waals surface area contributed by atoms with Crippen LogP contribution in [0.5, 0.6) is 11.5 Å². The molecule has 0 heterocycles. The molecule has 15 heavy (non-hydrogen) atoms. The summed E-state index contributed by atoms with van der Waals surface area (Å²) in [6, 6.07) is 3.51. The molecule has 1 unspecified atom stereocenters. The molecule has 0 saturated carbocycles. The Kier molecular flexibility index (Phi) is 5.80. The fourth-order valence-corrected chi connectivity index (χ4v) is 1.66. The second-order valence-electron chi connectivity index (χ2n) is 2.99. The van der Waals surface area contributed by atoms with Gasteiger partial charge < -0.3 is 15.2 Å². The minimum atomic E-state index is -0.123. The van der Waals surface area contributed by atoms with Gasteiger partial charge in [-0.3, -0.25) is 0 Å². The molecule has 2 N–H and O–H groups in total. The lowest BCUT2D eigenvalue weighted by atomic mass is 10.1. The van der Waals surface area contributed by atoms with Gasteiger partial charge >= 0.3 is 0 Å². The van der Waals surface area contributed by atoms with E-state index in [1.807, 2.05) is 13.0 Å². The minimum absolute atomic E-state index is 0. The summed E-state index contributed by atoms with van der Waals surface area (Å²) in [4.78, 5) is 0. The van der Waals surface area contributed by atoms with Crippen molar-refractivity contribution in [2.45, 2.75) is 13.0 Å². The number of benzene rings is 1. The first-order valence-electron chi connectivity index (χ1n) is 4.27. The Balaban J connectivity index is 0.00000196. The van der Waals surface area contributed by atoms with Crippen LogP contribution in [-0.4, -0.2) is 14.2 Å². The summed E-state index contributed by atoms with van der Waals surface area (Å²) in [6.07, 6.45) is 0. The third-order valence-electron chi connectivity index (χ3n) is 2.01. The van der Waals surface area contributed by atoms with Crippen molar-refractivity contribution in [1.29, 1.82) is 0 Å². The van der Waals surface area contributed by atoms with Crippen molar-refractivity contribution < 1.29 is 9.47 Å². The van der Waals surface area contributed by atoms with Gasteiger partial charge in [0.05, 0.1) is 19.2 Å². The van der Waals surface area contributed by atoms with Crippen LogP contribution in [0, 0.1) is 0 Å². The first kappa shape index (κ1) is 14.4. The fraction of sp³-hybridized carbons (Fsp3) is 0.400. The lowest BCUT2D eigenvalue weighted by molar-refractivity contribution is 0.354. The number of ether oxygens (including phenoxy) is 2. The number of hydrogen-bond donors (Lipinski definition) is 1. The van der Waals surface area contributed by atoms with Gasteiger partial charge in [-0.25, -0.2) is 0 Å². The number of rotatable bonds is 3. The molecule has 1 aromatic rings. The Morgan fingerprint density at radius 3 is 2.27 bits per heavy atom. The number of hydrogen-bond acceptors (Lipinski definition) is 3. The maximum absolute atomic E-state index is 6.10. The van der Waals surface area contributed by atoms with Gasteiger partial charge in [0.15, 0.2) is 11.5 Å². The Morgan fingerprint density at radius 1 is 1.27 bits per heavy atom. The van der Waals surface area contributed by atoms with Crippen LogP contribution in [0.2, 0.25) is 5.02 Å². The van der Waals surface area contributed by atoms with E-state index in [0.717, 1.165) is 5.56 Å². The highest BCUT2D eigenvalue weighted by Gasteiger charge is 2.14. The lowest BCUT2D eigenvalue weighted by Gasteiger charge is -2.14. The van der Waals surface area contributed by atoms with Crippen molar-refractivity contribution in [3.05, 3.63) is 22.7 Å². The van der Waals surface area contributed by atoms with Crippen molar-refractivity contribution in [3.63, 3.8) is 0 Å². The molecule has 0 saturated heterocycles. The largest absolute Gasteiger partial charge is 0.493 e. The van der Waals surface area contributed by atoms with Crippen molar-refractivity contribution in [2.75, 3.05) is 14.2 Å². The zero-order valence-corrected chi connectivity index (χ0v) is 10.5. The summed E-state index contributed by atoms with van der Waals surface area (Å²) in [5, 5.41) is 0.516. The molecule has 0 radical (unpaired) electrons. The number of nitrogens with two attached hydrogens (primary N) is 1. The van der Waals surface area contributed by atoms with Gasteiger partial charge in [0.1, 0.15) is 0 Å². The first-order chi connectivity index (χ1) is 6.61. The second kappa shape index (κ2) is 6.05. The SMILES string of the molecule is COc1ccc(C(C)N)c(Cl)c1OC.Cl. The molecule has 1 rings (SSSR count). The average Bonchev–Trinajstić information content (AvgIpc) is 2.16. The van der Waals surface area contributed by atoms with Crippen LogP contribution in [-0.2, 0) is 0 Å². The van der Waals surface area contributed by atoms with Crippen LogP contribution in [0.1, 0.15) is 18.5 Å². The van der Waals surface area contributed by atoms with Crippen LogP contribution in [0.15, 0.2) is 12.1 Å². The third-order valence-corrected chi connectivity index (χ3v) is 2.40. The van der Waals surface area contributed by atoms with Gasteiger partial charge in [0, 0.05) is 6.04 Å². The molecule has 0 aliphatic rings. The van der Waals surface area contributed by atoms with Crippen LogP contribution in [0.3, 0.4) is 0 Å². The molecule has 86 valence electrons. The third kappa shape index (κ3) is 2.91. The summed E-state index contributed by atoms with van der Waals surface area (Å²) < 4.78 is 10.2. The molecule has 1 atom stereocenters. The van der Waals surface area contributed by atoms with Crippen LogP contribution in [0.25, 0.3) is 0 Å². The Labute approximate surface area is 101 Å². The summed E-state index contributed by atoms with van der Waals surface area (Å²) in [5.41, 5.74) is 6.60. The second-order valence-corrected chi connectivity index (χ2v) is 3.37. The molecule has 0 aliphatic carbocycles. The minimum Gasteiger partial charge on any atom is -0.493 e. The highest BCUT2D eigenvalue weighted by molar-refractivity contribution is 6.33. The summed E-state index contributed by atoms with van der Waals surface area (Å²) in [5.74, 6) is 1.14. The molecule has 0 aliphatic heterocycles. The van der Waals surface area contributed by atoms with E-state index in [4.69, 9.17) is 26.8 Å². The smallest absolute Gasteiger partial charge is 0.179 e. The quantitative estimate of drug-likeness (QED) is 0.899. The molecule has 0 fully saturated rings. The van der Waals surface area contributed by atoms with Gasteiger partial charge in [-0.15, -0.1) is 12.4 Å². The Bertz CT molecular complexity index is 329. The first-order valence-corrected chi connectivity index (χ1v) is 4.65. The molecule has 0 spiro atoms. The molecule has 3 nitrogen and oxygen atoms in total. The van der Waals surface area contributed by atoms with Gasteiger partial charge in [0.2, 0.25) is 0 Å².